The van der Waals surface area contributed by atoms with Gasteiger partial charge < -0.3 is 10.6 Å². The van der Waals surface area contributed by atoms with E-state index in [2.05, 4.69) is 10.3 Å². The normalized spacial score (nSPS) is 10.8. The van der Waals surface area contributed by atoms with Gasteiger partial charge in [0.05, 0.1) is 22.8 Å². The van der Waals surface area contributed by atoms with Crippen LogP contribution in [-0.2, 0) is 24.4 Å². The highest BCUT2D eigenvalue weighted by Crippen LogP contribution is 2.22. The Labute approximate surface area is 126 Å². The van der Waals surface area contributed by atoms with E-state index >= 15 is 0 Å². The zero-order valence-corrected chi connectivity index (χ0v) is 12.7. The van der Waals surface area contributed by atoms with E-state index in [9.17, 15) is 4.79 Å². The number of carbonyl (C=O) groups is 1. The molecule has 0 fully saturated rings. The maximum absolute atomic E-state index is 12.2. The summed E-state index contributed by atoms with van der Waals surface area (Å²) >= 11 is 7.38. The second-order valence-corrected chi connectivity index (χ2v) is 6.02. The van der Waals surface area contributed by atoms with Crippen molar-refractivity contribution >= 4 is 28.8 Å². The highest BCUT2D eigenvalue weighted by molar-refractivity contribution is 7.16. The fourth-order valence-corrected chi connectivity index (χ4v) is 2.85. The van der Waals surface area contributed by atoms with E-state index in [0.717, 1.165) is 9.21 Å². The molecule has 0 saturated carbocycles. The highest BCUT2D eigenvalue weighted by Gasteiger charge is 2.14. The van der Waals surface area contributed by atoms with E-state index in [1.165, 1.54) is 16.0 Å². The van der Waals surface area contributed by atoms with Crippen LogP contribution >= 0.6 is 22.9 Å². The van der Waals surface area contributed by atoms with E-state index in [-0.39, 0.29) is 12.5 Å². The van der Waals surface area contributed by atoms with Crippen LogP contribution in [0.1, 0.15) is 17.5 Å². The summed E-state index contributed by atoms with van der Waals surface area (Å²) < 4.78 is 2.24. The largest absolute Gasteiger partial charge is 0.336 e. The van der Waals surface area contributed by atoms with Gasteiger partial charge in [-0.05, 0) is 19.1 Å². The third-order valence-electron chi connectivity index (χ3n) is 2.80. The standard InChI is InChI=1S/C12H16ClN5OS/c1-2-17(7-10-3-4-11(13)20-10)12(19)8-18-6-9(5-14)15-16-18/h3-4,6H,2,5,7-8,14H2,1H3. The molecule has 2 aromatic rings. The van der Waals surface area contributed by atoms with Crippen LogP contribution in [-0.4, -0.2) is 32.3 Å². The van der Waals surface area contributed by atoms with Crippen LogP contribution in [0, 0.1) is 0 Å². The number of carbonyl (C=O) groups excluding carboxylic acids is 1. The minimum atomic E-state index is -0.00880. The molecule has 8 heteroatoms. The molecule has 2 N–H and O–H groups in total. The zero-order chi connectivity index (χ0) is 14.5. The minimum absolute atomic E-state index is 0.00880. The van der Waals surface area contributed by atoms with Gasteiger partial charge in [-0.15, -0.1) is 16.4 Å². The third kappa shape index (κ3) is 3.78. The average Bonchev–Trinajstić information content (AvgIpc) is 3.04. The lowest BCUT2D eigenvalue weighted by Gasteiger charge is -2.19. The Hall–Kier alpha value is -1.44. The van der Waals surface area contributed by atoms with Gasteiger partial charge in [0.15, 0.2) is 0 Å². The molecular weight excluding hydrogens is 298 g/mol. The molecule has 108 valence electrons. The number of hydrogen-bond donors (Lipinski definition) is 1. The molecule has 0 saturated heterocycles. The molecule has 0 radical (unpaired) electrons. The Morgan fingerprint density at radius 1 is 1.55 bits per heavy atom. The van der Waals surface area contributed by atoms with Crippen LogP contribution in [0.5, 0.6) is 0 Å². The van der Waals surface area contributed by atoms with E-state index in [1.807, 2.05) is 19.1 Å². The van der Waals surface area contributed by atoms with Crippen LogP contribution < -0.4 is 5.73 Å². The quantitative estimate of drug-likeness (QED) is 0.876. The molecule has 6 nitrogen and oxygen atoms in total. The van der Waals surface area contributed by atoms with Gasteiger partial charge >= 0.3 is 0 Å². The van der Waals surface area contributed by atoms with Crippen LogP contribution in [0.25, 0.3) is 0 Å². The van der Waals surface area contributed by atoms with Crippen molar-refractivity contribution in [3.8, 4) is 0 Å². The Morgan fingerprint density at radius 2 is 2.35 bits per heavy atom. The fraction of sp³-hybridized carbons (Fsp3) is 0.417. The second kappa shape index (κ2) is 6.83. The zero-order valence-electron chi connectivity index (χ0n) is 11.1. The van der Waals surface area contributed by atoms with Crippen molar-refractivity contribution in [2.45, 2.75) is 26.6 Å². The van der Waals surface area contributed by atoms with E-state index in [0.29, 0.717) is 25.3 Å². The van der Waals surface area contributed by atoms with Gasteiger partial charge in [0.2, 0.25) is 5.91 Å². The van der Waals surface area contributed by atoms with Crippen LogP contribution in [0.4, 0.5) is 0 Å². The molecular formula is C12H16ClN5OS. The molecule has 2 heterocycles. The van der Waals surface area contributed by atoms with Gasteiger partial charge in [-0.1, -0.05) is 16.8 Å². The smallest absolute Gasteiger partial charge is 0.244 e. The van der Waals surface area contributed by atoms with Gasteiger partial charge in [-0.25, -0.2) is 4.68 Å². The van der Waals surface area contributed by atoms with E-state index in [1.54, 1.807) is 11.1 Å². The topological polar surface area (TPSA) is 77.0 Å². The summed E-state index contributed by atoms with van der Waals surface area (Å²) in [5.41, 5.74) is 6.13. The summed E-state index contributed by atoms with van der Waals surface area (Å²) in [4.78, 5) is 15.0. The van der Waals surface area contributed by atoms with Gasteiger partial charge in [0, 0.05) is 18.0 Å². The Kier molecular flexibility index (Phi) is 5.11. The molecule has 0 aliphatic rings. The first-order chi connectivity index (χ1) is 9.62. The number of halogens is 1. The first kappa shape index (κ1) is 15.0. The number of nitrogens with zero attached hydrogens (tertiary/aromatic N) is 4. The molecule has 0 aliphatic heterocycles. The predicted octanol–water partition coefficient (Wildman–Crippen LogP) is 1.50. The first-order valence-electron chi connectivity index (χ1n) is 6.23. The summed E-state index contributed by atoms with van der Waals surface area (Å²) in [5.74, 6) is -0.00880. The van der Waals surface area contributed by atoms with Crippen LogP contribution in [0.15, 0.2) is 18.3 Å². The molecule has 2 aromatic heterocycles. The SMILES string of the molecule is CCN(Cc1ccc(Cl)s1)C(=O)Cn1cc(CN)nn1. The van der Waals surface area contributed by atoms with Gasteiger partial charge in [0.25, 0.3) is 0 Å². The summed E-state index contributed by atoms with van der Waals surface area (Å²) in [5, 5.41) is 7.74. The summed E-state index contributed by atoms with van der Waals surface area (Å²) in [6, 6.07) is 3.77. The summed E-state index contributed by atoms with van der Waals surface area (Å²) in [7, 11) is 0. The molecule has 0 aromatic carbocycles. The molecule has 0 unspecified atom stereocenters. The summed E-state index contributed by atoms with van der Waals surface area (Å²) in [6.07, 6.45) is 1.69. The predicted molar refractivity (Wildman–Crippen MR) is 78.3 cm³/mol. The molecule has 1 amide bonds. The van der Waals surface area contributed by atoms with Crippen LogP contribution in [0.2, 0.25) is 4.34 Å². The number of hydrogen-bond acceptors (Lipinski definition) is 5. The lowest BCUT2D eigenvalue weighted by atomic mass is 10.4. The van der Waals surface area contributed by atoms with Crippen molar-refractivity contribution in [3.63, 3.8) is 0 Å². The Morgan fingerprint density at radius 3 is 2.90 bits per heavy atom. The monoisotopic (exact) mass is 313 g/mol. The van der Waals surface area contributed by atoms with Gasteiger partial charge in [0.1, 0.15) is 6.54 Å². The molecule has 0 bridgehead atoms. The van der Waals surface area contributed by atoms with E-state index < -0.39 is 0 Å². The van der Waals surface area contributed by atoms with Crippen LogP contribution in [0.3, 0.4) is 0 Å². The number of likely N-dealkylation sites (N-methyl/N-ethyl adjacent to an activating group) is 1. The number of amides is 1. The van der Waals surface area contributed by atoms with E-state index in [4.69, 9.17) is 17.3 Å². The van der Waals surface area contributed by atoms with Crippen molar-refractivity contribution in [2.75, 3.05) is 6.54 Å². The number of aromatic nitrogens is 3. The summed E-state index contributed by atoms with van der Waals surface area (Å²) in [6.45, 7) is 3.62. The molecule has 2 rings (SSSR count). The van der Waals surface area contributed by atoms with Gasteiger partial charge in [-0.2, -0.15) is 0 Å². The Balaban J connectivity index is 1.98. The molecule has 0 spiro atoms. The lowest BCUT2D eigenvalue weighted by molar-refractivity contribution is -0.132. The lowest BCUT2D eigenvalue weighted by Crippen LogP contribution is -2.33. The minimum Gasteiger partial charge on any atom is -0.336 e. The van der Waals surface area contributed by atoms with Crippen molar-refractivity contribution in [1.82, 2.24) is 19.9 Å². The van der Waals surface area contributed by atoms with Crippen molar-refractivity contribution < 1.29 is 4.79 Å². The molecule has 20 heavy (non-hydrogen) atoms. The van der Waals surface area contributed by atoms with Crippen molar-refractivity contribution in [1.29, 1.82) is 0 Å². The average molecular weight is 314 g/mol. The molecule has 0 atom stereocenters. The number of nitrogens with two attached hydrogens (primary N) is 1. The van der Waals surface area contributed by atoms with Gasteiger partial charge in [-0.3, -0.25) is 4.79 Å². The van der Waals surface area contributed by atoms with Crippen molar-refractivity contribution in [3.05, 3.63) is 33.2 Å². The maximum atomic E-state index is 12.2. The van der Waals surface area contributed by atoms with Crippen molar-refractivity contribution in [2.24, 2.45) is 5.73 Å². The fourth-order valence-electron chi connectivity index (χ4n) is 1.75. The molecule has 0 aliphatic carbocycles. The number of thiophene rings is 1. The highest BCUT2D eigenvalue weighted by atomic mass is 35.5. The Bertz CT molecular complexity index is 582. The number of rotatable bonds is 6. The second-order valence-electron chi connectivity index (χ2n) is 4.23. The maximum Gasteiger partial charge on any atom is 0.244 e. The first-order valence-corrected chi connectivity index (χ1v) is 7.43. The third-order valence-corrected chi connectivity index (χ3v) is 4.02.